The third-order valence-corrected chi connectivity index (χ3v) is 7.60. The molecule has 1 aliphatic heterocycles. The molecule has 3 aromatic rings. The van der Waals surface area contributed by atoms with E-state index in [4.69, 9.17) is 11.6 Å². The minimum Gasteiger partial charge on any atom is -0.352 e. The lowest BCUT2D eigenvalue weighted by atomic mass is 9.98. The minimum absolute atomic E-state index is 0.102. The number of rotatable bonds is 6. The van der Waals surface area contributed by atoms with Gasteiger partial charge in [-0.05, 0) is 54.8 Å². The molecule has 0 bridgehead atoms. The Kier molecular flexibility index (Phi) is 6.59. The Morgan fingerprint density at radius 1 is 1.22 bits per heavy atom. The van der Waals surface area contributed by atoms with Gasteiger partial charge < -0.3 is 9.88 Å². The fourth-order valence-corrected chi connectivity index (χ4v) is 5.39. The smallest absolute Gasteiger partial charge is 0.243 e. The van der Waals surface area contributed by atoms with Crippen molar-refractivity contribution in [3.8, 4) is 5.69 Å². The van der Waals surface area contributed by atoms with Gasteiger partial charge in [-0.15, -0.1) is 0 Å². The highest BCUT2D eigenvalue weighted by atomic mass is 35.5. The molecule has 7 nitrogen and oxygen atoms in total. The molecule has 0 saturated carbocycles. The first kappa shape index (κ1) is 22.4. The molecule has 1 atom stereocenters. The summed E-state index contributed by atoms with van der Waals surface area (Å²) in [4.78, 5) is 16.8. The molecule has 2 heterocycles. The fourth-order valence-electron chi connectivity index (χ4n) is 3.74. The number of hydrogen-bond acceptors (Lipinski definition) is 4. The molecule has 0 radical (unpaired) electrons. The highest BCUT2D eigenvalue weighted by molar-refractivity contribution is 7.89. The first-order chi connectivity index (χ1) is 15.3. The van der Waals surface area contributed by atoms with Crippen LogP contribution in [0, 0.1) is 11.7 Å². The molecule has 1 unspecified atom stereocenters. The van der Waals surface area contributed by atoms with Crippen molar-refractivity contribution in [2.75, 3.05) is 13.1 Å². The highest BCUT2D eigenvalue weighted by Gasteiger charge is 2.33. The van der Waals surface area contributed by atoms with Crippen molar-refractivity contribution in [1.29, 1.82) is 0 Å². The second-order valence-electron chi connectivity index (χ2n) is 7.63. The van der Waals surface area contributed by atoms with E-state index >= 15 is 0 Å². The number of aromatic nitrogens is 2. The number of nitrogens with zero attached hydrogens (tertiary/aromatic N) is 3. The lowest BCUT2D eigenvalue weighted by Gasteiger charge is -2.31. The van der Waals surface area contributed by atoms with Crippen molar-refractivity contribution < 1.29 is 17.6 Å². The van der Waals surface area contributed by atoms with Gasteiger partial charge >= 0.3 is 0 Å². The van der Waals surface area contributed by atoms with Crippen LogP contribution in [0.3, 0.4) is 0 Å². The molecule has 168 valence electrons. The molecule has 0 aliphatic carbocycles. The molecule has 32 heavy (non-hydrogen) atoms. The Labute approximate surface area is 190 Å². The predicted molar refractivity (Wildman–Crippen MR) is 118 cm³/mol. The van der Waals surface area contributed by atoms with Crippen molar-refractivity contribution in [3.05, 3.63) is 77.6 Å². The van der Waals surface area contributed by atoms with Crippen molar-refractivity contribution in [2.45, 2.75) is 24.3 Å². The van der Waals surface area contributed by atoms with Gasteiger partial charge in [-0.2, -0.15) is 4.31 Å². The van der Waals surface area contributed by atoms with Crippen molar-refractivity contribution in [2.24, 2.45) is 5.92 Å². The normalized spacial score (nSPS) is 17.2. The maximum atomic E-state index is 14.4. The number of carbonyl (C=O) groups is 1. The molecule has 0 spiro atoms. The predicted octanol–water partition coefficient (Wildman–Crippen LogP) is 3.38. The Balaban J connectivity index is 1.38. The van der Waals surface area contributed by atoms with Crippen LogP contribution in [0.15, 0.2) is 66.1 Å². The lowest BCUT2D eigenvalue weighted by molar-refractivity contribution is -0.126. The first-order valence-corrected chi connectivity index (χ1v) is 12.0. The fraction of sp³-hybridized carbons (Fsp3) is 0.273. The van der Waals surface area contributed by atoms with Crippen LogP contribution in [0.25, 0.3) is 5.69 Å². The standard InChI is InChI=1S/C22H22ClFN4O3S/c23-18-4-6-19(7-5-18)32(30,31)28-10-1-2-17(14-28)22(29)26-13-16-3-8-21(20(24)12-16)27-11-9-25-15-27/h3-9,11-12,15,17H,1-2,10,13-14H2,(H,26,29). The molecule has 10 heteroatoms. The van der Waals surface area contributed by atoms with Crippen LogP contribution < -0.4 is 5.32 Å². The van der Waals surface area contributed by atoms with Crippen LogP contribution in [-0.2, 0) is 21.4 Å². The molecule has 1 amide bonds. The van der Waals surface area contributed by atoms with Crippen LogP contribution in [-0.4, -0.2) is 41.3 Å². The Hall–Kier alpha value is -2.75. The zero-order valence-electron chi connectivity index (χ0n) is 17.1. The number of benzene rings is 2. The van der Waals surface area contributed by atoms with Gasteiger partial charge in [0.05, 0.1) is 22.8 Å². The minimum atomic E-state index is -3.71. The summed E-state index contributed by atoms with van der Waals surface area (Å²) in [7, 11) is -3.71. The number of halogens is 2. The van der Waals surface area contributed by atoms with E-state index in [1.165, 1.54) is 41.0 Å². The third kappa shape index (κ3) is 4.85. The summed E-state index contributed by atoms with van der Waals surface area (Å²) in [5, 5.41) is 3.26. The lowest BCUT2D eigenvalue weighted by Crippen LogP contribution is -2.45. The van der Waals surface area contributed by atoms with Gasteiger partial charge in [0.15, 0.2) is 0 Å². The molecular weight excluding hydrogens is 455 g/mol. The number of sulfonamides is 1. The topological polar surface area (TPSA) is 84.3 Å². The maximum Gasteiger partial charge on any atom is 0.243 e. The van der Waals surface area contributed by atoms with Gasteiger partial charge in [0, 0.05) is 37.1 Å². The molecule has 1 saturated heterocycles. The summed E-state index contributed by atoms with van der Waals surface area (Å²) in [5.41, 5.74) is 0.981. The number of carbonyl (C=O) groups excluding carboxylic acids is 1. The summed E-state index contributed by atoms with van der Waals surface area (Å²) in [6, 6.07) is 10.7. The zero-order valence-corrected chi connectivity index (χ0v) is 18.7. The largest absolute Gasteiger partial charge is 0.352 e. The summed E-state index contributed by atoms with van der Waals surface area (Å²) in [6.45, 7) is 0.612. The van der Waals surface area contributed by atoms with E-state index in [0.717, 1.165) is 0 Å². The first-order valence-electron chi connectivity index (χ1n) is 10.1. The number of piperidine rings is 1. The number of imidazole rings is 1. The molecular formula is C22H22ClFN4O3S. The van der Waals surface area contributed by atoms with Gasteiger partial charge in [0.25, 0.3) is 0 Å². The van der Waals surface area contributed by atoms with Gasteiger partial charge in [-0.3, -0.25) is 4.79 Å². The molecule has 1 aliphatic rings. The summed E-state index contributed by atoms with van der Waals surface area (Å²) in [6.07, 6.45) is 5.89. The van der Waals surface area contributed by atoms with E-state index in [9.17, 15) is 17.6 Å². The second-order valence-corrected chi connectivity index (χ2v) is 10.0. The quantitative estimate of drug-likeness (QED) is 0.591. The maximum absolute atomic E-state index is 14.4. The molecule has 1 aromatic heterocycles. The third-order valence-electron chi connectivity index (χ3n) is 5.47. The van der Waals surface area contributed by atoms with Gasteiger partial charge in [0.1, 0.15) is 5.82 Å². The zero-order chi connectivity index (χ0) is 22.7. The summed E-state index contributed by atoms with van der Waals surface area (Å²) < 4.78 is 43.2. The van der Waals surface area contributed by atoms with Gasteiger partial charge in [-0.1, -0.05) is 17.7 Å². The number of hydrogen-bond donors (Lipinski definition) is 1. The van der Waals surface area contributed by atoms with Crippen LogP contribution in [0.2, 0.25) is 5.02 Å². The van der Waals surface area contributed by atoms with Crippen LogP contribution in [0.5, 0.6) is 0 Å². The Morgan fingerprint density at radius 2 is 2.00 bits per heavy atom. The molecule has 4 rings (SSSR count). The molecule has 1 fully saturated rings. The Morgan fingerprint density at radius 3 is 2.69 bits per heavy atom. The summed E-state index contributed by atoms with van der Waals surface area (Å²) >= 11 is 5.85. The van der Waals surface area contributed by atoms with Crippen LogP contribution in [0.4, 0.5) is 4.39 Å². The van der Waals surface area contributed by atoms with Crippen molar-refractivity contribution >= 4 is 27.5 Å². The van der Waals surface area contributed by atoms with E-state index in [1.807, 2.05) is 0 Å². The number of amides is 1. The highest BCUT2D eigenvalue weighted by Crippen LogP contribution is 2.25. The molecule has 2 aromatic carbocycles. The molecule has 1 N–H and O–H groups in total. The number of nitrogens with one attached hydrogen (secondary N) is 1. The van der Waals surface area contributed by atoms with E-state index in [0.29, 0.717) is 35.7 Å². The monoisotopic (exact) mass is 476 g/mol. The summed E-state index contributed by atoms with van der Waals surface area (Å²) in [5.74, 6) is -1.14. The van der Waals surface area contributed by atoms with E-state index in [-0.39, 0.29) is 23.9 Å². The van der Waals surface area contributed by atoms with Crippen LogP contribution in [0.1, 0.15) is 18.4 Å². The van der Waals surface area contributed by atoms with Crippen molar-refractivity contribution in [1.82, 2.24) is 19.2 Å². The van der Waals surface area contributed by atoms with Crippen molar-refractivity contribution in [3.63, 3.8) is 0 Å². The van der Waals surface area contributed by atoms with E-state index in [2.05, 4.69) is 10.3 Å². The SMILES string of the molecule is O=C(NCc1ccc(-n2ccnc2)c(F)c1)C1CCCN(S(=O)(=O)c2ccc(Cl)cc2)C1. The van der Waals surface area contributed by atoms with E-state index in [1.54, 1.807) is 29.1 Å². The van der Waals surface area contributed by atoms with E-state index < -0.39 is 21.8 Å². The second kappa shape index (κ2) is 9.40. The van der Waals surface area contributed by atoms with Crippen LogP contribution >= 0.6 is 11.6 Å². The Bertz CT molecular complexity index is 1200. The van der Waals surface area contributed by atoms with Gasteiger partial charge in [0.2, 0.25) is 15.9 Å². The average molecular weight is 477 g/mol. The average Bonchev–Trinajstić information content (AvgIpc) is 3.32. The van der Waals surface area contributed by atoms with Gasteiger partial charge in [-0.25, -0.2) is 17.8 Å².